The van der Waals surface area contributed by atoms with Crippen molar-refractivity contribution in [2.45, 2.75) is 25.9 Å². The van der Waals surface area contributed by atoms with Crippen molar-refractivity contribution in [3.05, 3.63) is 77.1 Å². The molecule has 0 radical (unpaired) electrons. The Morgan fingerprint density at radius 2 is 1.48 bits per heavy atom. The number of carboxylic acids is 1. The molecule has 0 atom stereocenters. The number of aryl methyl sites for hydroxylation is 2. The van der Waals surface area contributed by atoms with E-state index in [1.807, 2.05) is 0 Å². The molecule has 0 aliphatic carbocycles. The zero-order valence-corrected chi connectivity index (χ0v) is 15.4. The van der Waals surface area contributed by atoms with Gasteiger partial charge >= 0.3 is 18.1 Å². The zero-order valence-electron chi connectivity index (χ0n) is 15.4. The van der Waals surface area contributed by atoms with E-state index in [4.69, 9.17) is 0 Å². The van der Waals surface area contributed by atoms with E-state index in [9.17, 15) is 31.9 Å². The number of hydrogen-bond acceptors (Lipinski definition) is 1. The topological polar surface area (TPSA) is 42.2 Å². The van der Waals surface area contributed by atoms with Gasteiger partial charge in [-0.3, -0.25) is 0 Å². The fourth-order valence-corrected chi connectivity index (χ4v) is 3.15. The fourth-order valence-electron chi connectivity index (χ4n) is 3.15. The predicted octanol–water partition coefficient (Wildman–Crippen LogP) is 6.11. The molecular formula is C21H16F5NO2. The highest BCUT2D eigenvalue weighted by Crippen LogP contribution is 2.48. The Morgan fingerprint density at radius 1 is 0.897 bits per heavy atom. The molecule has 0 bridgehead atoms. The highest BCUT2D eigenvalue weighted by atomic mass is 19.4. The molecule has 0 aliphatic heterocycles. The fraction of sp³-hybridized carbons (Fsp3) is 0.190. The number of hydrogen-bond donors (Lipinski definition) is 1. The van der Waals surface area contributed by atoms with E-state index in [1.165, 1.54) is 18.2 Å². The van der Waals surface area contributed by atoms with E-state index in [2.05, 4.69) is 0 Å². The van der Waals surface area contributed by atoms with E-state index in [0.717, 1.165) is 11.8 Å². The van der Waals surface area contributed by atoms with Crippen LogP contribution in [-0.2, 0) is 5.92 Å². The molecule has 0 saturated carbocycles. The van der Waals surface area contributed by atoms with Crippen molar-refractivity contribution in [2.24, 2.45) is 0 Å². The van der Waals surface area contributed by atoms with Gasteiger partial charge in [-0.05, 0) is 37.1 Å². The average Bonchev–Trinajstić information content (AvgIpc) is 3.03. The van der Waals surface area contributed by atoms with Gasteiger partial charge in [0, 0.05) is 17.4 Å². The minimum absolute atomic E-state index is 0.00291. The van der Waals surface area contributed by atoms with Gasteiger partial charge < -0.3 is 9.67 Å². The van der Waals surface area contributed by atoms with Crippen LogP contribution < -0.4 is 0 Å². The zero-order chi connectivity index (χ0) is 21.6. The first-order valence-corrected chi connectivity index (χ1v) is 8.52. The number of rotatable bonds is 4. The van der Waals surface area contributed by atoms with Gasteiger partial charge in [-0.1, -0.05) is 42.0 Å². The molecule has 8 heteroatoms. The highest BCUT2D eigenvalue weighted by molar-refractivity contribution is 5.98. The summed E-state index contributed by atoms with van der Waals surface area (Å²) < 4.78 is 69.4. The number of halogens is 5. The van der Waals surface area contributed by atoms with Crippen LogP contribution >= 0.6 is 0 Å². The Balaban J connectivity index is 2.45. The number of carboxylic acid groups (broad SMARTS) is 1. The summed E-state index contributed by atoms with van der Waals surface area (Å²) in [5.41, 5.74) is -1.36. The van der Waals surface area contributed by atoms with Gasteiger partial charge in [-0.25, -0.2) is 4.79 Å². The van der Waals surface area contributed by atoms with Gasteiger partial charge in [0.25, 0.3) is 0 Å². The first-order valence-electron chi connectivity index (χ1n) is 8.52. The lowest BCUT2D eigenvalue weighted by molar-refractivity contribution is -0.291. The summed E-state index contributed by atoms with van der Waals surface area (Å²) in [6.07, 6.45) is -4.95. The van der Waals surface area contributed by atoms with Crippen molar-refractivity contribution in [3.8, 4) is 16.8 Å². The van der Waals surface area contributed by atoms with Gasteiger partial charge in [-0.15, -0.1) is 0 Å². The lowest BCUT2D eigenvalue weighted by atomic mass is 9.97. The van der Waals surface area contributed by atoms with Crippen molar-refractivity contribution in [1.82, 2.24) is 4.57 Å². The third-order valence-electron chi connectivity index (χ3n) is 4.62. The number of aromatic carboxylic acids is 1. The molecule has 1 aromatic heterocycles. The number of nitrogens with zero attached hydrogens (tertiary/aromatic N) is 1. The van der Waals surface area contributed by atoms with E-state index >= 15 is 0 Å². The maximum Gasteiger partial charge on any atom is 0.459 e. The molecule has 0 aliphatic rings. The van der Waals surface area contributed by atoms with E-state index in [-0.39, 0.29) is 16.8 Å². The van der Waals surface area contributed by atoms with Gasteiger partial charge in [0.2, 0.25) is 0 Å². The molecule has 152 valence electrons. The maximum absolute atomic E-state index is 14.5. The summed E-state index contributed by atoms with van der Waals surface area (Å²) in [5, 5.41) is 9.62. The van der Waals surface area contributed by atoms with Crippen LogP contribution in [0.4, 0.5) is 22.0 Å². The molecule has 1 N–H and O–H groups in total. The largest absolute Gasteiger partial charge is 0.478 e. The van der Waals surface area contributed by atoms with Crippen LogP contribution in [0.5, 0.6) is 0 Å². The Bertz CT molecular complexity index is 1070. The van der Waals surface area contributed by atoms with Crippen molar-refractivity contribution < 1.29 is 31.9 Å². The summed E-state index contributed by atoms with van der Waals surface area (Å²) in [6, 6.07) is 12.1. The third kappa shape index (κ3) is 3.50. The van der Waals surface area contributed by atoms with Crippen LogP contribution in [0, 0.1) is 13.8 Å². The molecule has 0 saturated heterocycles. The lowest BCUT2D eigenvalue weighted by Gasteiger charge is -2.22. The van der Waals surface area contributed by atoms with Gasteiger partial charge in [-0.2, -0.15) is 22.0 Å². The number of benzene rings is 2. The molecule has 0 unspecified atom stereocenters. The SMILES string of the molecule is Cc1ccc(-n2cc(-c3ccccc3C)c(C(=O)O)c2C(F)(F)C(F)(F)F)cc1. The van der Waals surface area contributed by atoms with Crippen molar-refractivity contribution in [3.63, 3.8) is 0 Å². The smallest absolute Gasteiger partial charge is 0.459 e. The number of carbonyl (C=O) groups is 1. The normalized spacial score (nSPS) is 12.2. The molecule has 29 heavy (non-hydrogen) atoms. The van der Waals surface area contributed by atoms with E-state index < -0.39 is 29.3 Å². The summed E-state index contributed by atoms with van der Waals surface area (Å²) in [4.78, 5) is 11.9. The molecular weight excluding hydrogens is 393 g/mol. The minimum Gasteiger partial charge on any atom is -0.478 e. The van der Waals surface area contributed by atoms with Crippen molar-refractivity contribution >= 4 is 5.97 Å². The molecule has 2 aromatic carbocycles. The molecule has 3 rings (SSSR count). The monoisotopic (exact) mass is 409 g/mol. The molecule has 3 aromatic rings. The summed E-state index contributed by atoms with van der Waals surface area (Å²) in [6.45, 7) is 3.35. The highest BCUT2D eigenvalue weighted by Gasteiger charge is 2.62. The first-order chi connectivity index (χ1) is 13.4. The average molecular weight is 409 g/mol. The minimum atomic E-state index is -5.97. The van der Waals surface area contributed by atoms with Crippen molar-refractivity contribution in [2.75, 3.05) is 0 Å². The van der Waals surface area contributed by atoms with E-state index in [0.29, 0.717) is 10.1 Å². The van der Waals surface area contributed by atoms with Gasteiger partial charge in [0.15, 0.2) is 0 Å². The lowest BCUT2D eigenvalue weighted by Crippen LogP contribution is -2.37. The summed E-state index contributed by atoms with van der Waals surface area (Å²) in [5.74, 6) is -7.25. The molecule has 0 amide bonds. The maximum atomic E-state index is 14.5. The Labute approximate surface area is 163 Å². The Kier molecular flexibility index (Phi) is 4.98. The number of alkyl halides is 5. The van der Waals surface area contributed by atoms with Crippen LogP contribution in [-0.4, -0.2) is 21.8 Å². The predicted molar refractivity (Wildman–Crippen MR) is 97.6 cm³/mol. The summed E-state index contributed by atoms with van der Waals surface area (Å²) in [7, 11) is 0. The Hall–Kier alpha value is -3.16. The van der Waals surface area contributed by atoms with Crippen LogP contribution in [0.2, 0.25) is 0 Å². The molecule has 0 spiro atoms. The molecule has 0 fully saturated rings. The quantitative estimate of drug-likeness (QED) is 0.528. The van der Waals surface area contributed by atoms with Crippen LogP contribution in [0.1, 0.15) is 27.2 Å². The molecule has 1 heterocycles. The standard InChI is InChI=1S/C21H16F5NO2/c1-12-7-9-14(10-8-12)27-11-16(15-6-4-3-5-13(15)2)17(19(28)29)18(27)20(22,23)21(24,25)26/h3-11H,1-2H3,(H,28,29). The van der Waals surface area contributed by atoms with Gasteiger partial charge in [0.05, 0.1) is 5.56 Å². The second-order valence-electron chi connectivity index (χ2n) is 6.66. The first kappa shape index (κ1) is 20.6. The summed E-state index contributed by atoms with van der Waals surface area (Å²) >= 11 is 0. The van der Waals surface area contributed by atoms with Gasteiger partial charge in [0.1, 0.15) is 5.69 Å². The van der Waals surface area contributed by atoms with Crippen molar-refractivity contribution in [1.29, 1.82) is 0 Å². The second kappa shape index (κ2) is 7.02. The number of aromatic nitrogens is 1. The molecule has 3 nitrogen and oxygen atoms in total. The van der Waals surface area contributed by atoms with Crippen LogP contribution in [0.15, 0.2) is 54.7 Å². The van der Waals surface area contributed by atoms with Crippen LogP contribution in [0.25, 0.3) is 16.8 Å². The Morgan fingerprint density at radius 3 is 2.00 bits per heavy atom. The second-order valence-corrected chi connectivity index (χ2v) is 6.66. The van der Waals surface area contributed by atoms with E-state index in [1.54, 1.807) is 44.2 Å². The third-order valence-corrected chi connectivity index (χ3v) is 4.62. The van der Waals surface area contributed by atoms with Crippen LogP contribution in [0.3, 0.4) is 0 Å².